The Bertz CT molecular complexity index is 580. The van der Waals surface area contributed by atoms with E-state index in [2.05, 4.69) is 15.5 Å². The molecule has 0 saturated heterocycles. The fourth-order valence-corrected chi connectivity index (χ4v) is 1.65. The predicted molar refractivity (Wildman–Crippen MR) is 68.6 cm³/mol. The van der Waals surface area contributed by atoms with E-state index in [0.717, 1.165) is 18.1 Å². The third kappa shape index (κ3) is 2.40. The Labute approximate surface area is 105 Å². The summed E-state index contributed by atoms with van der Waals surface area (Å²) in [6.07, 6.45) is 1.69. The Balaban J connectivity index is 2.09. The molecule has 0 aliphatic carbocycles. The Morgan fingerprint density at radius 2 is 2.33 bits per heavy atom. The van der Waals surface area contributed by atoms with E-state index in [4.69, 9.17) is 11.0 Å². The number of nitrogens with one attached hydrogen (secondary N) is 1. The lowest BCUT2D eigenvalue weighted by Crippen LogP contribution is -2.08. The SMILES string of the molecule is CCn1cnnc1CNc1ccc(C#N)cc1N. The molecule has 0 atom stereocenters. The molecule has 2 rings (SSSR count). The lowest BCUT2D eigenvalue weighted by Gasteiger charge is -2.09. The van der Waals surface area contributed by atoms with Crippen LogP contribution in [0.15, 0.2) is 24.5 Å². The van der Waals surface area contributed by atoms with Crippen molar-refractivity contribution in [2.75, 3.05) is 11.1 Å². The standard InChI is InChI=1S/C12H14N6/c1-2-18-8-16-17-12(18)7-15-11-4-3-9(6-13)5-10(11)14/h3-5,8,15H,2,7,14H2,1H3. The number of anilines is 2. The number of aromatic nitrogens is 3. The van der Waals surface area contributed by atoms with Gasteiger partial charge in [0.15, 0.2) is 5.82 Å². The van der Waals surface area contributed by atoms with Gasteiger partial charge in [-0.05, 0) is 25.1 Å². The van der Waals surface area contributed by atoms with E-state index in [-0.39, 0.29) is 0 Å². The molecule has 0 radical (unpaired) electrons. The van der Waals surface area contributed by atoms with Gasteiger partial charge in [0.1, 0.15) is 6.33 Å². The van der Waals surface area contributed by atoms with Gasteiger partial charge in [-0.2, -0.15) is 5.26 Å². The fraction of sp³-hybridized carbons (Fsp3) is 0.250. The van der Waals surface area contributed by atoms with Crippen molar-refractivity contribution < 1.29 is 0 Å². The van der Waals surface area contributed by atoms with E-state index in [1.807, 2.05) is 17.6 Å². The zero-order valence-corrected chi connectivity index (χ0v) is 10.1. The van der Waals surface area contributed by atoms with Gasteiger partial charge in [0.2, 0.25) is 0 Å². The molecule has 1 aromatic heterocycles. The summed E-state index contributed by atoms with van der Waals surface area (Å²) in [4.78, 5) is 0. The zero-order valence-electron chi connectivity index (χ0n) is 10.1. The van der Waals surface area contributed by atoms with E-state index in [0.29, 0.717) is 17.8 Å². The summed E-state index contributed by atoms with van der Waals surface area (Å²) in [5, 5.41) is 19.8. The maximum Gasteiger partial charge on any atom is 0.152 e. The molecule has 0 fully saturated rings. The van der Waals surface area contributed by atoms with Crippen LogP contribution >= 0.6 is 0 Å². The third-order valence-corrected chi connectivity index (χ3v) is 2.65. The second kappa shape index (κ2) is 5.19. The number of nitrogens with zero attached hydrogens (tertiary/aromatic N) is 4. The summed E-state index contributed by atoms with van der Waals surface area (Å²) in [5.74, 6) is 0.848. The van der Waals surface area contributed by atoms with Crippen LogP contribution in [-0.2, 0) is 13.1 Å². The van der Waals surface area contributed by atoms with Crippen LogP contribution in [0.5, 0.6) is 0 Å². The van der Waals surface area contributed by atoms with Gasteiger partial charge in [-0.15, -0.1) is 10.2 Å². The quantitative estimate of drug-likeness (QED) is 0.790. The summed E-state index contributed by atoms with van der Waals surface area (Å²) < 4.78 is 1.95. The first-order valence-corrected chi connectivity index (χ1v) is 5.64. The number of hydrogen-bond donors (Lipinski definition) is 2. The van der Waals surface area contributed by atoms with Gasteiger partial charge in [0.25, 0.3) is 0 Å². The molecule has 0 amide bonds. The summed E-state index contributed by atoms with van der Waals surface area (Å²) in [7, 11) is 0. The summed E-state index contributed by atoms with van der Waals surface area (Å²) in [5.41, 5.74) is 7.74. The number of nitrogens with two attached hydrogens (primary N) is 1. The number of nitriles is 1. The zero-order chi connectivity index (χ0) is 13.0. The van der Waals surface area contributed by atoms with Crippen molar-refractivity contribution in [3.8, 4) is 6.07 Å². The van der Waals surface area contributed by atoms with E-state index >= 15 is 0 Å². The smallest absolute Gasteiger partial charge is 0.152 e. The lowest BCUT2D eigenvalue weighted by molar-refractivity contribution is 0.708. The average Bonchev–Trinajstić information content (AvgIpc) is 2.84. The van der Waals surface area contributed by atoms with Crippen molar-refractivity contribution >= 4 is 11.4 Å². The number of hydrogen-bond acceptors (Lipinski definition) is 5. The number of benzene rings is 1. The summed E-state index contributed by atoms with van der Waals surface area (Å²) in [6, 6.07) is 7.21. The minimum atomic E-state index is 0.546. The van der Waals surface area contributed by atoms with E-state index in [9.17, 15) is 0 Å². The number of nitrogen functional groups attached to an aromatic ring is 1. The molecule has 6 heteroatoms. The van der Waals surface area contributed by atoms with Crippen molar-refractivity contribution in [2.24, 2.45) is 0 Å². The van der Waals surface area contributed by atoms with E-state index in [1.165, 1.54) is 0 Å². The van der Waals surface area contributed by atoms with Crippen LogP contribution < -0.4 is 11.1 Å². The Hall–Kier alpha value is -2.55. The van der Waals surface area contributed by atoms with Gasteiger partial charge in [-0.1, -0.05) is 0 Å². The summed E-state index contributed by atoms with van der Waals surface area (Å²) >= 11 is 0. The molecule has 1 aromatic carbocycles. The molecule has 0 spiro atoms. The highest BCUT2D eigenvalue weighted by molar-refractivity contribution is 5.68. The molecule has 3 N–H and O–H groups in total. The highest BCUT2D eigenvalue weighted by atomic mass is 15.3. The second-order valence-corrected chi connectivity index (χ2v) is 3.80. The molecular weight excluding hydrogens is 228 g/mol. The first-order chi connectivity index (χ1) is 8.74. The van der Waals surface area contributed by atoms with E-state index in [1.54, 1.807) is 24.5 Å². The fourth-order valence-electron chi connectivity index (χ4n) is 1.65. The van der Waals surface area contributed by atoms with Gasteiger partial charge in [0.05, 0.1) is 29.6 Å². The monoisotopic (exact) mass is 242 g/mol. The molecule has 6 nitrogen and oxygen atoms in total. The van der Waals surface area contributed by atoms with Gasteiger partial charge in [-0.25, -0.2) is 0 Å². The van der Waals surface area contributed by atoms with Crippen LogP contribution in [0.3, 0.4) is 0 Å². The van der Waals surface area contributed by atoms with Gasteiger partial charge >= 0.3 is 0 Å². The second-order valence-electron chi connectivity index (χ2n) is 3.80. The lowest BCUT2D eigenvalue weighted by atomic mass is 10.2. The molecule has 18 heavy (non-hydrogen) atoms. The summed E-state index contributed by atoms with van der Waals surface area (Å²) in [6.45, 7) is 3.40. The molecule has 0 saturated carbocycles. The highest BCUT2D eigenvalue weighted by Gasteiger charge is 2.04. The number of aryl methyl sites for hydroxylation is 1. The van der Waals surface area contributed by atoms with Gasteiger partial charge in [-0.3, -0.25) is 0 Å². The third-order valence-electron chi connectivity index (χ3n) is 2.65. The molecule has 0 aliphatic heterocycles. The average molecular weight is 242 g/mol. The van der Waals surface area contributed by atoms with Gasteiger partial charge < -0.3 is 15.6 Å². The minimum absolute atomic E-state index is 0.546. The molecule has 1 heterocycles. The molecule has 92 valence electrons. The Morgan fingerprint density at radius 3 is 3.00 bits per heavy atom. The van der Waals surface area contributed by atoms with Crippen LogP contribution in [0.2, 0.25) is 0 Å². The normalized spacial score (nSPS) is 10.0. The van der Waals surface area contributed by atoms with Crippen LogP contribution in [0.1, 0.15) is 18.3 Å². The Morgan fingerprint density at radius 1 is 1.50 bits per heavy atom. The van der Waals surface area contributed by atoms with Crippen molar-refractivity contribution in [2.45, 2.75) is 20.0 Å². The van der Waals surface area contributed by atoms with Crippen LogP contribution in [0.25, 0.3) is 0 Å². The molecular formula is C12H14N6. The van der Waals surface area contributed by atoms with Crippen molar-refractivity contribution in [3.63, 3.8) is 0 Å². The minimum Gasteiger partial charge on any atom is -0.397 e. The van der Waals surface area contributed by atoms with Crippen molar-refractivity contribution in [3.05, 3.63) is 35.9 Å². The first kappa shape index (κ1) is 11.9. The van der Waals surface area contributed by atoms with Crippen molar-refractivity contribution in [1.29, 1.82) is 5.26 Å². The molecule has 0 bridgehead atoms. The predicted octanol–water partition coefficient (Wildman–Crippen LogP) is 1.36. The highest BCUT2D eigenvalue weighted by Crippen LogP contribution is 2.19. The molecule has 2 aromatic rings. The molecule has 0 unspecified atom stereocenters. The molecule has 0 aliphatic rings. The van der Waals surface area contributed by atoms with Crippen LogP contribution in [0.4, 0.5) is 11.4 Å². The largest absolute Gasteiger partial charge is 0.397 e. The first-order valence-electron chi connectivity index (χ1n) is 5.64. The number of rotatable bonds is 4. The Kier molecular flexibility index (Phi) is 3.44. The van der Waals surface area contributed by atoms with Gasteiger partial charge in [0, 0.05) is 6.54 Å². The van der Waals surface area contributed by atoms with Crippen molar-refractivity contribution in [1.82, 2.24) is 14.8 Å². The maximum absolute atomic E-state index is 8.75. The topological polar surface area (TPSA) is 92.5 Å². The van der Waals surface area contributed by atoms with Crippen LogP contribution in [-0.4, -0.2) is 14.8 Å². The van der Waals surface area contributed by atoms with E-state index < -0.39 is 0 Å². The van der Waals surface area contributed by atoms with Crippen LogP contribution in [0, 0.1) is 11.3 Å². The maximum atomic E-state index is 8.75.